The number of methoxy groups -OCH3 is 1. The number of carbonyl (C=O) groups excluding carboxylic acids is 2. The van der Waals surface area contributed by atoms with Crippen LogP contribution < -0.4 is 14.8 Å². The number of alkyl carbamates (subject to hydrolysis) is 1. The van der Waals surface area contributed by atoms with E-state index in [1.807, 2.05) is 0 Å². The molecular formula is C18H18N2O7S. The molecule has 2 N–H and O–H groups in total. The van der Waals surface area contributed by atoms with Crippen LogP contribution in [0.25, 0.3) is 0 Å². The first-order valence-corrected chi connectivity index (χ1v) is 9.74. The van der Waals surface area contributed by atoms with Gasteiger partial charge in [-0.2, -0.15) is 0 Å². The molecule has 1 amide bonds. The third-order valence-electron chi connectivity index (χ3n) is 3.87. The molecule has 1 atom stereocenters. The predicted molar refractivity (Wildman–Crippen MR) is 98.8 cm³/mol. The molecule has 3 rings (SSSR count). The van der Waals surface area contributed by atoms with E-state index in [-0.39, 0.29) is 23.6 Å². The van der Waals surface area contributed by atoms with E-state index in [1.165, 1.54) is 31.4 Å². The average Bonchev–Trinajstić information content (AvgIpc) is 3.12. The van der Waals surface area contributed by atoms with E-state index in [2.05, 4.69) is 10.0 Å². The predicted octanol–water partition coefficient (Wildman–Crippen LogP) is 1.76. The lowest BCUT2D eigenvalue weighted by molar-refractivity contribution is 0.0300. The lowest BCUT2D eigenvalue weighted by Gasteiger charge is -2.11. The molecule has 0 radical (unpaired) electrons. The Morgan fingerprint density at radius 3 is 2.64 bits per heavy atom. The van der Waals surface area contributed by atoms with Gasteiger partial charge in [0.15, 0.2) is 6.10 Å². The van der Waals surface area contributed by atoms with Gasteiger partial charge < -0.3 is 19.5 Å². The van der Waals surface area contributed by atoms with Gasteiger partial charge in [-0.3, -0.25) is 4.72 Å². The highest BCUT2D eigenvalue weighted by Gasteiger charge is 2.24. The summed E-state index contributed by atoms with van der Waals surface area (Å²) in [4.78, 5) is 23.0. The van der Waals surface area contributed by atoms with Crippen molar-refractivity contribution in [3.8, 4) is 5.75 Å². The van der Waals surface area contributed by atoms with Gasteiger partial charge in [-0.1, -0.05) is 6.07 Å². The van der Waals surface area contributed by atoms with Gasteiger partial charge in [0.05, 0.1) is 24.1 Å². The fourth-order valence-electron chi connectivity index (χ4n) is 2.44. The molecule has 0 bridgehead atoms. The Balaban J connectivity index is 1.68. The molecule has 1 aliphatic heterocycles. The van der Waals surface area contributed by atoms with Crippen molar-refractivity contribution in [1.82, 2.24) is 5.32 Å². The number of rotatable bonds is 7. The summed E-state index contributed by atoms with van der Waals surface area (Å²) >= 11 is 0. The second kappa shape index (κ2) is 8.17. The monoisotopic (exact) mass is 406 g/mol. The Bertz CT molecular complexity index is 974. The van der Waals surface area contributed by atoms with E-state index in [4.69, 9.17) is 14.2 Å². The highest BCUT2D eigenvalue weighted by atomic mass is 32.2. The van der Waals surface area contributed by atoms with Crippen molar-refractivity contribution in [3.63, 3.8) is 0 Å². The Morgan fingerprint density at radius 2 is 2.00 bits per heavy atom. The summed E-state index contributed by atoms with van der Waals surface area (Å²) in [6, 6.07) is 11.8. The Kier molecular flexibility index (Phi) is 5.69. The number of hydrogen-bond acceptors (Lipinski definition) is 7. The minimum Gasteiger partial charge on any atom is -0.497 e. The largest absolute Gasteiger partial charge is 0.497 e. The smallest absolute Gasteiger partial charge is 0.407 e. The van der Waals surface area contributed by atoms with Crippen LogP contribution in [-0.2, 0) is 19.5 Å². The standard InChI is InChI=1S/C18H18N2O7S/c1-25-14-7-5-13(6-8-14)20-28(23,24)16-4-2-3-12(9-16)17(21)26-11-15-10-19-18(22)27-15/h2-9,15,20H,10-11H2,1H3,(H,19,22)/t15-/m1/s1. The summed E-state index contributed by atoms with van der Waals surface area (Å²) in [5, 5.41) is 2.44. The number of cyclic esters (lactones) is 1. The van der Waals surface area contributed by atoms with Gasteiger partial charge >= 0.3 is 12.1 Å². The quantitative estimate of drug-likeness (QED) is 0.672. The molecule has 1 saturated heterocycles. The lowest BCUT2D eigenvalue weighted by Crippen LogP contribution is -2.22. The molecule has 1 heterocycles. The molecule has 0 spiro atoms. The van der Waals surface area contributed by atoms with E-state index in [1.54, 1.807) is 24.3 Å². The molecule has 9 nitrogen and oxygen atoms in total. The molecule has 0 aliphatic carbocycles. The number of sulfonamides is 1. The van der Waals surface area contributed by atoms with Gasteiger partial charge in [0, 0.05) is 5.69 Å². The van der Waals surface area contributed by atoms with Crippen LogP contribution in [0.1, 0.15) is 10.4 Å². The van der Waals surface area contributed by atoms with Gasteiger partial charge in [-0.05, 0) is 42.5 Å². The minimum absolute atomic E-state index is 0.0647. The van der Waals surface area contributed by atoms with E-state index < -0.39 is 28.2 Å². The van der Waals surface area contributed by atoms with Crippen molar-refractivity contribution in [2.75, 3.05) is 25.0 Å². The fraction of sp³-hybridized carbons (Fsp3) is 0.222. The third kappa shape index (κ3) is 4.71. The van der Waals surface area contributed by atoms with Gasteiger partial charge in [0.1, 0.15) is 12.4 Å². The second-order valence-corrected chi connectivity index (χ2v) is 7.55. The molecule has 148 valence electrons. The topological polar surface area (TPSA) is 120 Å². The Labute approximate surface area is 161 Å². The van der Waals surface area contributed by atoms with Crippen LogP contribution in [0.15, 0.2) is 53.4 Å². The zero-order valence-corrected chi connectivity index (χ0v) is 15.7. The van der Waals surface area contributed by atoms with Gasteiger partial charge in [-0.25, -0.2) is 18.0 Å². The van der Waals surface area contributed by atoms with Crippen LogP contribution in [0, 0.1) is 0 Å². The van der Waals surface area contributed by atoms with Crippen LogP contribution in [0.3, 0.4) is 0 Å². The molecule has 1 fully saturated rings. The van der Waals surface area contributed by atoms with Crippen molar-refractivity contribution >= 4 is 27.8 Å². The SMILES string of the molecule is COc1ccc(NS(=O)(=O)c2cccc(C(=O)OC[C@H]3CNC(=O)O3)c2)cc1. The minimum atomic E-state index is -3.90. The summed E-state index contributed by atoms with van der Waals surface area (Å²) in [5.74, 6) is -0.125. The van der Waals surface area contributed by atoms with Gasteiger partial charge in [-0.15, -0.1) is 0 Å². The zero-order valence-electron chi connectivity index (χ0n) is 14.9. The van der Waals surface area contributed by atoms with Crippen LogP contribution in [-0.4, -0.2) is 46.8 Å². The number of anilines is 1. The number of amides is 1. The highest BCUT2D eigenvalue weighted by Crippen LogP contribution is 2.20. The maximum atomic E-state index is 12.6. The summed E-state index contributed by atoms with van der Waals surface area (Å²) in [6.45, 7) is 0.116. The van der Waals surface area contributed by atoms with E-state index in [9.17, 15) is 18.0 Å². The highest BCUT2D eigenvalue weighted by molar-refractivity contribution is 7.92. The molecule has 0 saturated carbocycles. The third-order valence-corrected chi connectivity index (χ3v) is 5.25. The van der Waals surface area contributed by atoms with E-state index >= 15 is 0 Å². The first-order chi connectivity index (χ1) is 13.4. The number of carbonyl (C=O) groups is 2. The second-order valence-electron chi connectivity index (χ2n) is 5.87. The molecular weight excluding hydrogens is 388 g/mol. The molecule has 0 aromatic heterocycles. The maximum Gasteiger partial charge on any atom is 0.407 e. The van der Waals surface area contributed by atoms with E-state index in [0.717, 1.165) is 0 Å². The molecule has 2 aromatic carbocycles. The summed E-state index contributed by atoms with van der Waals surface area (Å²) < 4.78 is 42.6. The van der Waals surface area contributed by atoms with Gasteiger partial charge in [0.25, 0.3) is 10.0 Å². The van der Waals surface area contributed by atoms with E-state index in [0.29, 0.717) is 11.4 Å². The normalized spacial score (nSPS) is 16.0. The van der Waals surface area contributed by atoms with Crippen molar-refractivity contribution in [1.29, 1.82) is 0 Å². The fourth-order valence-corrected chi connectivity index (χ4v) is 3.54. The van der Waals surface area contributed by atoms with Crippen LogP contribution in [0.5, 0.6) is 5.75 Å². The van der Waals surface area contributed by atoms with Crippen molar-refractivity contribution in [3.05, 3.63) is 54.1 Å². The van der Waals surface area contributed by atoms with Crippen LogP contribution in [0.2, 0.25) is 0 Å². The summed E-state index contributed by atoms with van der Waals surface area (Å²) in [7, 11) is -2.39. The molecule has 10 heteroatoms. The molecule has 2 aromatic rings. The first kappa shape index (κ1) is 19.5. The van der Waals surface area contributed by atoms with Gasteiger partial charge in [0.2, 0.25) is 0 Å². The van der Waals surface area contributed by atoms with Crippen LogP contribution >= 0.6 is 0 Å². The lowest BCUT2D eigenvalue weighted by atomic mass is 10.2. The zero-order chi connectivity index (χ0) is 20.1. The Hall–Kier alpha value is -3.27. The van der Waals surface area contributed by atoms with Crippen molar-refractivity contribution < 1.29 is 32.2 Å². The average molecular weight is 406 g/mol. The summed E-state index contributed by atoms with van der Waals surface area (Å²) in [6.07, 6.45) is -1.14. The molecule has 0 unspecified atom stereocenters. The summed E-state index contributed by atoms with van der Waals surface area (Å²) in [5.41, 5.74) is 0.416. The molecule has 1 aliphatic rings. The first-order valence-electron chi connectivity index (χ1n) is 8.26. The Morgan fingerprint density at radius 1 is 1.25 bits per heavy atom. The molecule has 28 heavy (non-hydrogen) atoms. The van der Waals surface area contributed by atoms with Crippen molar-refractivity contribution in [2.45, 2.75) is 11.0 Å². The number of nitrogens with one attached hydrogen (secondary N) is 2. The maximum absolute atomic E-state index is 12.6. The van der Waals surface area contributed by atoms with Crippen molar-refractivity contribution in [2.24, 2.45) is 0 Å². The number of ether oxygens (including phenoxy) is 3. The number of benzene rings is 2. The number of hydrogen-bond donors (Lipinski definition) is 2. The number of esters is 1. The van der Waals surface area contributed by atoms with Crippen LogP contribution in [0.4, 0.5) is 10.5 Å².